The number of likely N-dealkylation sites (N-methyl/N-ethyl adjacent to an activating group) is 1. The second-order valence-electron chi connectivity index (χ2n) is 6.94. The summed E-state index contributed by atoms with van der Waals surface area (Å²) in [7, 11) is 1.65. The molecule has 3 N–H and O–H groups in total. The van der Waals surface area contributed by atoms with Crippen LogP contribution in [-0.4, -0.2) is 30.3 Å². The second kappa shape index (κ2) is 9.58. The van der Waals surface area contributed by atoms with E-state index in [1.807, 2.05) is 19.2 Å². The van der Waals surface area contributed by atoms with Gasteiger partial charge in [0.15, 0.2) is 0 Å². The lowest BCUT2D eigenvalue weighted by molar-refractivity contribution is 0.482. The molecule has 0 heterocycles. The fourth-order valence-electron chi connectivity index (χ4n) is 3.20. The quantitative estimate of drug-likeness (QED) is 0.395. The fraction of sp³-hybridized carbons (Fsp3) is 0.208. The lowest BCUT2D eigenvalue weighted by atomic mass is 10.1. The van der Waals surface area contributed by atoms with Crippen LogP contribution in [0.5, 0.6) is 0 Å². The van der Waals surface area contributed by atoms with E-state index in [2.05, 4.69) is 76.7 Å². The molecule has 0 spiro atoms. The van der Waals surface area contributed by atoms with Crippen molar-refractivity contribution in [1.29, 1.82) is 0 Å². The van der Waals surface area contributed by atoms with E-state index in [0.717, 1.165) is 42.7 Å². The van der Waals surface area contributed by atoms with Crippen molar-refractivity contribution < 1.29 is 0 Å². The Morgan fingerprint density at radius 3 is 2.54 bits per heavy atom. The molecule has 0 aliphatic carbocycles. The number of hydrogen-bond donors (Lipinski definition) is 2. The monoisotopic (exact) mass is 391 g/mol. The van der Waals surface area contributed by atoms with Crippen LogP contribution in [0, 0.1) is 0 Å². The zero-order chi connectivity index (χ0) is 19.9. The van der Waals surface area contributed by atoms with Crippen LogP contribution in [0.4, 0.5) is 5.69 Å². The van der Waals surface area contributed by atoms with Crippen LogP contribution in [-0.2, 0) is 6.42 Å². The zero-order valence-corrected chi connectivity index (χ0v) is 17.3. The fourth-order valence-corrected chi connectivity index (χ4v) is 4.65. The molecule has 3 aromatic carbocycles. The van der Waals surface area contributed by atoms with Crippen molar-refractivity contribution in [2.24, 2.45) is 0 Å². The number of aryl methyl sites for hydroxylation is 1. The van der Waals surface area contributed by atoms with Crippen LogP contribution in [0.25, 0.3) is 10.8 Å². The number of nitrogens with two attached hydrogens (primary N) is 1. The summed E-state index contributed by atoms with van der Waals surface area (Å²) in [5, 5.41) is 5.53. The molecule has 0 amide bonds. The minimum atomic E-state index is -0.272. The molecule has 4 heteroatoms. The first-order valence-electron chi connectivity index (χ1n) is 9.54. The molecule has 146 valence electrons. The Kier molecular flexibility index (Phi) is 6.90. The topological polar surface area (TPSA) is 41.3 Å². The standard InChI is InChI=1S/C24H29N3S/c1-19(26-2)18-27(15-7-10-20-8-5-4-6-9-20)28(3)24-14-12-21-11-13-23(25)16-22(21)17-24/h4-6,8-9,11-14,16-17,26H,1,3,7,10,15,18,25H2,2H3. The number of hydrogen-bond acceptors (Lipinski definition) is 3. The summed E-state index contributed by atoms with van der Waals surface area (Å²) in [5.41, 5.74) is 9.14. The van der Waals surface area contributed by atoms with Gasteiger partial charge in [0, 0.05) is 36.4 Å². The molecular formula is C24H29N3S. The molecule has 3 nitrogen and oxygen atoms in total. The van der Waals surface area contributed by atoms with Crippen molar-refractivity contribution in [1.82, 2.24) is 9.62 Å². The maximum atomic E-state index is 5.97. The summed E-state index contributed by atoms with van der Waals surface area (Å²) in [6, 6.07) is 23.2. The predicted molar refractivity (Wildman–Crippen MR) is 126 cm³/mol. The Hall–Kier alpha value is -2.56. The van der Waals surface area contributed by atoms with Gasteiger partial charge in [-0.05, 0) is 53.4 Å². The Morgan fingerprint density at radius 1 is 1.04 bits per heavy atom. The normalized spacial score (nSPS) is 12.2. The van der Waals surface area contributed by atoms with Gasteiger partial charge in [-0.25, -0.2) is 4.31 Å². The van der Waals surface area contributed by atoms with Gasteiger partial charge in [0.25, 0.3) is 0 Å². The number of benzene rings is 3. The summed E-state index contributed by atoms with van der Waals surface area (Å²) < 4.78 is 2.41. The van der Waals surface area contributed by atoms with Crippen molar-refractivity contribution >= 4 is 33.0 Å². The van der Waals surface area contributed by atoms with Gasteiger partial charge in [-0.1, -0.05) is 65.6 Å². The van der Waals surface area contributed by atoms with Crippen molar-refractivity contribution in [2.75, 3.05) is 25.9 Å². The lowest BCUT2D eigenvalue weighted by Gasteiger charge is -2.27. The van der Waals surface area contributed by atoms with E-state index in [4.69, 9.17) is 5.73 Å². The third-order valence-electron chi connectivity index (χ3n) is 4.86. The van der Waals surface area contributed by atoms with Crippen LogP contribution in [0.3, 0.4) is 0 Å². The predicted octanol–water partition coefficient (Wildman–Crippen LogP) is 5.06. The van der Waals surface area contributed by atoms with Gasteiger partial charge in [-0.15, -0.1) is 0 Å². The van der Waals surface area contributed by atoms with Gasteiger partial charge in [0.1, 0.15) is 0 Å². The Bertz CT molecular complexity index is 966. The highest BCUT2D eigenvalue weighted by molar-refractivity contribution is 8.12. The van der Waals surface area contributed by atoms with Crippen molar-refractivity contribution in [2.45, 2.75) is 17.7 Å². The first-order chi connectivity index (χ1) is 13.6. The van der Waals surface area contributed by atoms with Gasteiger partial charge in [0.2, 0.25) is 0 Å². The molecule has 3 rings (SSSR count). The molecule has 3 aromatic rings. The first-order valence-corrected chi connectivity index (χ1v) is 10.9. The highest BCUT2D eigenvalue weighted by atomic mass is 32.2. The Morgan fingerprint density at radius 2 is 1.79 bits per heavy atom. The highest BCUT2D eigenvalue weighted by Crippen LogP contribution is 2.32. The highest BCUT2D eigenvalue weighted by Gasteiger charge is 2.12. The van der Waals surface area contributed by atoms with Crippen LogP contribution in [0.15, 0.2) is 83.9 Å². The van der Waals surface area contributed by atoms with Crippen molar-refractivity contribution in [3.63, 3.8) is 0 Å². The smallest absolute Gasteiger partial charge is 0.0480 e. The van der Waals surface area contributed by atoms with E-state index < -0.39 is 0 Å². The summed E-state index contributed by atoms with van der Waals surface area (Å²) in [4.78, 5) is 1.22. The number of nitrogen functional groups attached to an aromatic ring is 1. The molecule has 0 aromatic heterocycles. The second-order valence-corrected chi connectivity index (χ2v) is 8.66. The van der Waals surface area contributed by atoms with Gasteiger partial charge in [-0.2, -0.15) is 0 Å². The minimum absolute atomic E-state index is 0.272. The largest absolute Gasteiger partial charge is 0.399 e. The molecule has 0 saturated heterocycles. The SMILES string of the molecule is C=C(CN(CCCc1ccccc1)S(=C)c1ccc2ccc(N)cc2c1)NC. The molecule has 28 heavy (non-hydrogen) atoms. The van der Waals surface area contributed by atoms with E-state index in [1.165, 1.54) is 15.8 Å². The number of fused-ring (bicyclic) bond motifs is 1. The maximum absolute atomic E-state index is 5.97. The van der Waals surface area contributed by atoms with Gasteiger partial charge in [-0.3, -0.25) is 0 Å². The van der Waals surface area contributed by atoms with Crippen LogP contribution in [0.2, 0.25) is 0 Å². The van der Waals surface area contributed by atoms with Crippen molar-refractivity contribution in [3.8, 4) is 0 Å². The van der Waals surface area contributed by atoms with E-state index in [1.54, 1.807) is 0 Å². The van der Waals surface area contributed by atoms with Gasteiger partial charge < -0.3 is 11.1 Å². The number of rotatable bonds is 9. The molecular weight excluding hydrogens is 362 g/mol. The van der Waals surface area contributed by atoms with Crippen LogP contribution < -0.4 is 11.1 Å². The maximum Gasteiger partial charge on any atom is 0.0480 e. The van der Waals surface area contributed by atoms with Gasteiger partial charge in [0.05, 0.1) is 0 Å². The average molecular weight is 392 g/mol. The van der Waals surface area contributed by atoms with Gasteiger partial charge >= 0.3 is 0 Å². The van der Waals surface area contributed by atoms with E-state index in [-0.39, 0.29) is 10.7 Å². The Balaban J connectivity index is 1.76. The molecule has 1 unspecified atom stereocenters. The molecule has 0 radical (unpaired) electrons. The third kappa shape index (κ3) is 5.24. The summed E-state index contributed by atoms with van der Waals surface area (Å²) in [5.74, 6) is 4.50. The third-order valence-corrected chi connectivity index (χ3v) is 6.59. The van der Waals surface area contributed by atoms with E-state index in [9.17, 15) is 0 Å². The van der Waals surface area contributed by atoms with E-state index in [0.29, 0.717) is 0 Å². The molecule has 0 aliphatic rings. The van der Waals surface area contributed by atoms with E-state index >= 15 is 0 Å². The number of anilines is 1. The molecule has 0 aliphatic heterocycles. The first kappa shape index (κ1) is 20.2. The minimum Gasteiger partial charge on any atom is -0.399 e. The summed E-state index contributed by atoms with van der Waals surface area (Å²) >= 11 is 0. The molecule has 0 fully saturated rings. The van der Waals surface area contributed by atoms with Crippen molar-refractivity contribution in [3.05, 3.63) is 84.6 Å². The number of nitrogens with one attached hydrogen (secondary N) is 1. The van der Waals surface area contributed by atoms with Crippen LogP contribution in [0.1, 0.15) is 12.0 Å². The Labute approximate surface area is 170 Å². The van der Waals surface area contributed by atoms with Crippen LogP contribution >= 0.6 is 10.7 Å². The molecule has 0 saturated carbocycles. The zero-order valence-electron chi connectivity index (χ0n) is 16.5. The average Bonchev–Trinajstić information content (AvgIpc) is 2.72. The summed E-state index contributed by atoms with van der Waals surface area (Å²) in [6.45, 7) is 5.88. The summed E-state index contributed by atoms with van der Waals surface area (Å²) in [6.07, 6.45) is 2.15. The number of nitrogens with zero attached hydrogens (tertiary/aromatic N) is 1. The molecule has 1 atom stereocenters. The lowest BCUT2D eigenvalue weighted by Crippen LogP contribution is -2.26. The molecule has 0 bridgehead atoms.